The fourth-order valence-corrected chi connectivity index (χ4v) is 1.79. The van der Waals surface area contributed by atoms with Crippen LogP contribution < -0.4 is 0 Å². The van der Waals surface area contributed by atoms with Crippen molar-refractivity contribution >= 4 is 38.8 Å². The van der Waals surface area contributed by atoms with Crippen molar-refractivity contribution in [1.29, 1.82) is 0 Å². The fourth-order valence-electron chi connectivity index (χ4n) is 1.16. The van der Waals surface area contributed by atoms with Gasteiger partial charge in [0.2, 0.25) is 0 Å². The number of esters is 1. The molecule has 82 valence electrons. The van der Waals surface area contributed by atoms with E-state index in [9.17, 15) is 4.79 Å². The van der Waals surface area contributed by atoms with Gasteiger partial charge >= 0.3 is 5.97 Å². The average molecular weight is 334 g/mol. The molecule has 0 aliphatic rings. The number of rotatable bonds is 4. The lowest BCUT2D eigenvalue weighted by atomic mass is 10.1. The number of ether oxygens (including phenoxy) is 1. The molecule has 0 unspecified atom stereocenters. The van der Waals surface area contributed by atoms with Gasteiger partial charge in [-0.25, -0.2) is 4.79 Å². The summed E-state index contributed by atoms with van der Waals surface area (Å²) in [4.78, 5) is 11.6. The molecule has 0 saturated carbocycles. The van der Waals surface area contributed by atoms with Crippen LogP contribution in [0.15, 0.2) is 18.2 Å². The maximum absolute atomic E-state index is 11.6. The van der Waals surface area contributed by atoms with Crippen LogP contribution in [-0.4, -0.2) is 22.8 Å². The molecule has 0 heterocycles. The molecule has 0 saturated heterocycles. The van der Waals surface area contributed by atoms with Crippen molar-refractivity contribution in [2.75, 3.05) is 6.61 Å². The van der Waals surface area contributed by atoms with E-state index in [1.807, 2.05) is 25.1 Å². The van der Waals surface area contributed by atoms with E-state index in [0.717, 1.165) is 12.0 Å². The summed E-state index contributed by atoms with van der Waals surface area (Å²) >= 11 is 2.25. The summed E-state index contributed by atoms with van der Waals surface area (Å²) in [5.74, 6) is -0.204. The van der Waals surface area contributed by atoms with E-state index in [0.29, 0.717) is 12.2 Å². The Bertz CT molecular complexity index is 352. The monoisotopic (exact) mass is 334 g/mol. The van der Waals surface area contributed by atoms with Crippen molar-refractivity contribution in [3.05, 3.63) is 32.9 Å². The van der Waals surface area contributed by atoms with Crippen LogP contribution in [0.5, 0.6) is 0 Å². The highest BCUT2D eigenvalue weighted by Crippen LogP contribution is 2.14. The second-order valence-electron chi connectivity index (χ2n) is 3.45. The number of aryl methyl sites for hydroxylation is 1. The van der Waals surface area contributed by atoms with Gasteiger partial charge in [0.25, 0.3) is 0 Å². The Kier molecular flexibility index (Phi) is 5.31. The first kappa shape index (κ1) is 12.7. The zero-order chi connectivity index (χ0) is 11.3. The Labute approximate surface area is 107 Å². The smallest absolute Gasteiger partial charge is 0.338 e. The molecule has 1 aromatic rings. The summed E-state index contributed by atoms with van der Waals surface area (Å²) < 4.78 is 6.31. The van der Waals surface area contributed by atoms with Crippen LogP contribution in [0.25, 0.3) is 0 Å². The number of hydrogen-bond donors (Lipinski definition) is 0. The van der Waals surface area contributed by atoms with E-state index in [1.54, 1.807) is 0 Å². The molecule has 4 heteroatoms. The SMILES string of the molecule is Cc1cc(C(=O)OCCC[SiH3])ccc1I. The van der Waals surface area contributed by atoms with Gasteiger partial charge in [-0.05, 0) is 59.7 Å². The van der Waals surface area contributed by atoms with E-state index in [2.05, 4.69) is 22.6 Å². The van der Waals surface area contributed by atoms with Gasteiger partial charge in [0.05, 0.1) is 12.2 Å². The van der Waals surface area contributed by atoms with Crippen LogP contribution >= 0.6 is 22.6 Å². The van der Waals surface area contributed by atoms with Gasteiger partial charge in [-0.15, -0.1) is 0 Å². The topological polar surface area (TPSA) is 26.3 Å². The first-order valence-corrected chi connectivity index (χ1v) is 7.57. The lowest BCUT2D eigenvalue weighted by Gasteiger charge is -2.05. The normalized spacial score (nSPS) is 10.3. The summed E-state index contributed by atoms with van der Waals surface area (Å²) in [7, 11) is 1.17. The largest absolute Gasteiger partial charge is 0.462 e. The molecule has 0 aromatic heterocycles. The summed E-state index contributed by atoms with van der Waals surface area (Å²) in [5, 5.41) is 0. The third-order valence-electron chi connectivity index (χ3n) is 2.12. The summed E-state index contributed by atoms with van der Waals surface area (Å²) in [5.41, 5.74) is 1.77. The Balaban J connectivity index is 2.62. The van der Waals surface area contributed by atoms with Gasteiger partial charge in [-0.3, -0.25) is 0 Å². The fraction of sp³-hybridized carbons (Fsp3) is 0.364. The van der Waals surface area contributed by atoms with E-state index in [-0.39, 0.29) is 5.97 Å². The number of hydrogen-bond acceptors (Lipinski definition) is 2. The molecule has 2 nitrogen and oxygen atoms in total. The maximum Gasteiger partial charge on any atom is 0.338 e. The van der Waals surface area contributed by atoms with Gasteiger partial charge in [0.15, 0.2) is 0 Å². The minimum atomic E-state index is -0.204. The molecule has 0 bridgehead atoms. The third kappa shape index (κ3) is 3.94. The molecular formula is C11H15IO2Si. The van der Waals surface area contributed by atoms with Crippen molar-refractivity contribution in [2.45, 2.75) is 19.4 Å². The highest BCUT2D eigenvalue weighted by molar-refractivity contribution is 14.1. The van der Waals surface area contributed by atoms with Crippen molar-refractivity contribution in [1.82, 2.24) is 0 Å². The number of benzene rings is 1. The van der Waals surface area contributed by atoms with Gasteiger partial charge in [0.1, 0.15) is 0 Å². The molecule has 0 N–H and O–H groups in total. The number of carbonyl (C=O) groups is 1. The molecule has 0 spiro atoms. The first-order chi connectivity index (χ1) is 7.15. The second-order valence-corrected chi connectivity index (χ2v) is 5.62. The van der Waals surface area contributed by atoms with Gasteiger partial charge in [-0.1, -0.05) is 6.04 Å². The predicted octanol–water partition coefficient (Wildman–Crippen LogP) is 1.93. The van der Waals surface area contributed by atoms with Crippen LogP contribution in [0, 0.1) is 10.5 Å². The van der Waals surface area contributed by atoms with Crippen LogP contribution in [0.2, 0.25) is 6.04 Å². The zero-order valence-electron chi connectivity index (χ0n) is 9.05. The second kappa shape index (κ2) is 6.27. The quantitative estimate of drug-likeness (QED) is 0.364. The Morgan fingerprint density at radius 2 is 2.27 bits per heavy atom. The predicted molar refractivity (Wildman–Crippen MR) is 73.5 cm³/mol. The average Bonchev–Trinajstić information content (AvgIpc) is 2.22. The molecule has 15 heavy (non-hydrogen) atoms. The molecule has 0 fully saturated rings. The molecule has 0 atom stereocenters. The van der Waals surface area contributed by atoms with Crippen molar-refractivity contribution in [3.63, 3.8) is 0 Å². The molecular weight excluding hydrogens is 319 g/mol. The highest BCUT2D eigenvalue weighted by Gasteiger charge is 2.07. The number of carbonyl (C=O) groups excluding carboxylic acids is 1. The summed E-state index contributed by atoms with van der Waals surface area (Å²) in [6, 6.07) is 6.82. The van der Waals surface area contributed by atoms with Crippen molar-refractivity contribution < 1.29 is 9.53 Å². The van der Waals surface area contributed by atoms with E-state index in [4.69, 9.17) is 4.74 Å². The molecule has 0 radical (unpaired) electrons. The van der Waals surface area contributed by atoms with Crippen LogP contribution in [0.3, 0.4) is 0 Å². The Hall–Kier alpha value is -0.363. The lowest BCUT2D eigenvalue weighted by molar-refractivity contribution is 0.0505. The first-order valence-electron chi connectivity index (χ1n) is 5.08. The minimum absolute atomic E-state index is 0.204. The van der Waals surface area contributed by atoms with E-state index < -0.39 is 0 Å². The lowest BCUT2D eigenvalue weighted by Crippen LogP contribution is -2.06. The highest BCUT2D eigenvalue weighted by atomic mass is 127. The van der Waals surface area contributed by atoms with Gasteiger partial charge in [-0.2, -0.15) is 0 Å². The van der Waals surface area contributed by atoms with Crippen LogP contribution in [0.4, 0.5) is 0 Å². The van der Waals surface area contributed by atoms with Gasteiger partial charge < -0.3 is 4.74 Å². The summed E-state index contributed by atoms with van der Waals surface area (Å²) in [6.45, 7) is 2.55. The minimum Gasteiger partial charge on any atom is -0.462 e. The van der Waals surface area contributed by atoms with Crippen LogP contribution in [0.1, 0.15) is 22.3 Å². The molecule has 1 rings (SSSR count). The van der Waals surface area contributed by atoms with E-state index >= 15 is 0 Å². The van der Waals surface area contributed by atoms with E-state index in [1.165, 1.54) is 19.9 Å². The zero-order valence-corrected chi connectivity index (χ0v) is 13.2. The summed E-state index contributed by atoms with van der Waals surface area (Å²) in [6.07, 6.45) is 0.987. The molecule has 0 aliphatic carbocycles. The standard InChI is InChI=1S/C11H15IO2Si/c1-8-7-9(3-4-10(8)12)11(13)14-5-2-6-15/h3-4,7H,2,5-6H2,1,15H3. The number of halogens is 1. The Morgan fingerprint density at radius 3 is 2.87 bits per heavy atom. The van der Waals surface area contributed by atoms with Crippen LogP contribution in [-0.2, 0) is 4.74 Å². The molecule has 0 aliphatic heterocycles. The third-order valence-corrected chi connectivity index (χ3v) is 4.04. The molecule has 1 aromatic carbocycles. The maximum atomic E-state index is 11.6. The molecule has 0 amide bonds. The van der Waals surface area contributed by atoms with Crippen molar-refractivity contribution in [2.24, 2.45) is 0 Å². The Morgan fingerprint density at radius 1 is 1.53 bits per heavy atom. The van der Waals surface area contributed by atoms with Gasteiger partial charge in [0, 0.05) is 13.8 Å². The van der Waals surface area contributed by atoms with Crippen molar-refractivity contribution in [3.8, 4) is 0 Å².